The lowest BCUT2D eigenvalue weighted by atomic mass is 9.99. The van der Waals surface area contributed by atoms with Gasteiger partial charge >= 0.3 is 0 Å². The highest BCUT2D eigenvalue weighted by Gasteiger charge is 2.22. The van der Waals surface area contributed by atoms with Gasteiger partial charge in [-0.05, 0) is 26.4 Å². The van der Waals surface area contributed by atoms with E-state index in [4.69, 9.17) is 5.11 Å². The van der Waals surface area contributed by atoms with Gasteiger partial charge in [-0.15, -0.1) is 0 Å². The molecule has 0 aromatic carbocycles. The molecule has 0 aliphatic carbocycles. The lowest BCUT2D eigenvalue weighted by Crippen LogP contribution is -2.23. The average Bonchev–Trinajstić information content (AvgIpc) is 2.15. The number of aliphatic hydroxyl groups is 2. The van der Waals surface area contributed by atoms with Crippen molar-refractivity contribution in [2.24, 2.45) is 5.92 Å². The van der Waals surface area contributed by atoms with E-state index in [0.717, 1.165) is 25.9 Å². The summed E-state index contributed by atoms with van der Waals surface area (Å²) < 4.78 is 0. The Labute approximate surface area is 67.6 Å². The van der Waals surface area contributed by atoms with Crippen LogP contribution in [0.15, 0.2) is 0 Å². The quantitative estimate of drug-likeness (QED) is 0.551. The van der Waals surface area contributed by atoms with E-state index in [1.54, 1.807) is 0 Å². The summed E-state index contributed by atoms with van der Waals surface area (Å²) in [6, 6.07) is 0. The zero-order valence-electron chi connectivity index (χ0n) is 7.03. The molecule has 11 heavy (non-hydrogen) atoms. The first-order chi connectivity index (χ1) is 5.24. The average molecular weight is 159 g/mol. The third-order valence-corrected chi connectivity index (χ3v) is 2.47. The van der Waals surface area contributed by atoms with Gasteiger partial charge in [-0.3, -0.25) is 0 Å². The molecular weight excluding hydrogens is 142 g/mol. The second-order valence-corrected chi connectivity index (χ2v) is 3.39. The molecule has 1 fully saturated rings. The third-order valence-electron chi connectivity index (χ3n) is 2.47. The zero-order chi connectivity index (χ0) is 8.27. The van der Waals surface area contributed by atoms with Crippen LogP contribution >= 0.6 is 0 Å². The maximum absolute atomic E-state index is 9.48. The largest absolute Gasteiger partial charge is 0.396 e. The molecular formula is C8H17NO2. The molecule has 2 atom stereocenters. The van der Waals surface area contributed by atoms with Crippen molar-refractivity contribution in [3.05, 3.63) is 0 Å². The first-order valence-corrected chi connectivity index (χ1v) is 4.21. The van der Waals surface area contributed by atoms with Crippen molar-refractivity contribution in [1.29, 1.82) is 0 Å². The van der Waals surface area contributed by atoms with E-state index in [1.807, 2.05) is 7.05 Å². The minimum Gasteiger partial charge on any atom is -0.396 e. The number of hydrogen-bond acceptors (Lipinski definition) is 3. The number of nitrogens with zero attached hydrogens (tertiary/aromatic N) is 1. The molecule has 0 spiro atoms. The maximum Gasteiger partial charge on any atom is 0.0602 e. The minimum atomic E-state index is -0.301. The maximum atomic E-state index is 9.48. The summed E-state index contributed by atoms with van der Waals surface area (Å²) in [5, 5.41) is 18.4. The lowest BCUT2D eigenvalue weighted by Gasteiger charge is -2.16. The van der Waals surface area contributed by atoms with E-state index >= 15 is 0 Å². The molecule has 0 aromatic rings. The van der Waals surface area contributed by atoms with E-state index in [9.17, 15) is 5.11 Å². The number of likely N-dealkylation sites (tertiary alicyclic amines) is 1. The van der Waals surface area contributed by atoms with Crippen molar-refractivity contribution in [1.82, 2.24) is 4.90 Å². The van der Waals surface area contributed by atoms with E-state index in [2.05, 4.69) is 4.90 Å². The fourth-order valence-corrected chi connectivity index (χ4v) is 1.49. The first-order valence-electron chi connectivity index (χ1n) is 4.21. The molecule has 0 aromatic heterocycles. The van der Waals surface area contributed by atoms with Gasteiger partial charge in [0, 0.05) is 19.1 Å². The summed E-state index contributed by atoms with van der Waals surface area (Å²) in [7, 11) is 2.05. The van der Waals surface area contributed by atoms with Crippen molar-refractivity contribution >= 4 is 0 Å². The molecule has 1 saturated heterocycles. The minimum absolute atomic E-state index is 0.0972. The summed E-state index contributed by atoms with van der Waals surface area (Å²) in [4.78, 5) is 2.19. The molecule has 1 heterocycles. The van der Waals surface area contributed by atoms with E-state index in [1.165, 1.54) is 0 Å². The van der Waals surface area contributed by atoms with Crippen LogP contribution in [0.2, 0.25) is 0 Å². The molecule has 0 amide bonds. The number of hydrogen-bond donors (Lipinski definition) is 2. The predicted molar refractivity (Wildman–Crippen MR) is 43.3 cm³/mol. The van der Waals surface area contributed by atoms with Crippen LogP contribution in [0.4, 0.5) is 0 Å². The van der Waals surface area contributed by atoms with Gasteiger partial charge in [0.1, 0.15) is 0 Å². The molecule has 3 heteroatoms. The molecule has 2 unspecified atom stereocenters. The molecule has 0 bridgehead atoms. The summed E-state index contributed by atoms with van der Waals surface area (Å²) in [5.74, 6) is 0.0972. The normalized spacial score (nSPS) is 35.2. The molecule has 1 rings (SSSR count). The van der Waals surface area contributed by atoms with Crippen molar-refractivity contribution < 1.29 is 10.2 Å². The van der Waals surface area contributed by atoms with Gasteiger partial charge in [-0.1, -0.05) is 0 Å². The fourth-order valence-electron chi connectivity index (χ4n) is 1.49. The van der Waals surface area contributed by atoms with Crippen LogP contribution in [0.25, 0.3) is 0 Å². The second-order valence-electron chi connectivity index (χ2n) is 3.39. The molecule has 66 valence electrons. The third kappa shape index (κ3) is 2.43. The monoisotopic (exact) mass is 159 g/mol. The first kappa shape index (κ1) is 8.97. The van der Waals surface area contributed by atoms with Gasteiger partial charge in [-0.2, -0.15) is 0 Å². The smallest absolute Gasteiger partial charge is 0.0602 e. The summed E-state index contributed by atoms with van der Waals surface area (Å²) in [6.07, 6.45) is 1.40. The Morgan fingerprint density at radius 3 is 2.64 bits per heavy atom. The standard InChI is InChI=1S/C8H17NO2/c1-9-4-2-7(6-10)8(11)3-5-9/h7-8,10-11H,2-6H2,1H3. The highest BCUT2D eigenvalue weighted by molar-refractivity contribution is 4.74. The van der Waals surface area contributed by atoms with Crippen LogP contribution in [0.5, 0.6) is 0 Å². The molecule has 3 nitrogen and oxygen atoms in total. The molecule has 2 N–H and O–H groups in total. The van der Waals surface area contributed by atoms with Crippen LogP contribution in [0, 0.1) is 5.92 Å². The number of aliphatic hydroxyl groups excluding tert-OH is 2. The lowest BCUT2D eigenvalue weighted by molar-refractivity contribution is 0.0654. The van der Waals surface area contributed by atoms with Gasteiger partial charge in [0.15, 0.2) is 0 Å². The Bertz CT molecular complexity index is 119. The van der Waals surface area contributed by atoms with E-state index in [0.29, 0.717) is 0 Å². The van der Waals surface area contributed by atoms with Gasteiger partial charge in [0.25, 0.3) is 0 Å². The van der Waals surface area contributed by atoms with Crippen molar-refractivity contribution in [2.75, 3.05) is 26.7 Å². The summed E-state index contributed by atoms with van der Waals surface area (Å²) in [5.41, 5.74) is 0. The number of rotatable bonds is 1. The van der Waals surface area contributed by atoms with Gasteiger partial charge in [0.05, 0.1) is 6.10 Å². The van der Waals surface area contributed by atoms with Crippen LogP contribution in [-0.4, -0.2) is 48.0 Å². The molecule has 1 aliphatic rings. The Morgan fingerprint density at radius 2 is 2.00 bits per heavy atom. The summed E-state index contributed by atoms with van der Waals surface area (Å²) in [6.45, 7) is 2.05. The topological polar surface area (TPSA) is 43.7 Å². The highest BCUT2D eigenvalue weighted by Crippen LogP contribution is 2.16. The van der Waals surface area contributed by atoms with Gasteiger partial charge in [-0.25, -0.2) is 0 Å². The van der Waals surface area contributed by atoms with E-state index in [-0.39, 0.29) is 18.6 Å². The van der Waals surface area contributed by atoms with E-state index < -0.39 is 0 Å². The van der Waals surface area contributed by atoms with Crippen molar-refractivity contribution in [2.45, 2.75) is 18.9 Å². The predicted octanol–water partition coefficient (Wildman–Crippen LogP) is -0.319. The molecule has 1 aliphatic heterocycles. The van der Waals surface area contributed by atoms with Crippen LogP contribution < -0.4 is 0 Å². The van der Waals surface area contributed by atoms with Crippen molar-refractivity contribution in [3.8, 4) is 0 Å². The zero-order valence-corrected chi connectivity index (χ0v) is 7.03. The molecule has 0 radical (unpaired) electrons. The Hall–Kier alpha value is -0.120. The Morgan fingerprint density at radius 1 is 1.36 bits per heavy atom. The fraction of sp³-hybridized carbons (Fsp3) is 1.00. The van der Waals surface area contributed by atoms with Crippen LogP contribution in [0.1, 0.15) is 12.8 Å². The van der Waals surface area contributed by atoms with Crippen LogP contribution in [-0.2, 0) is 0 Å². The SMILES string of the molecule is CN1CCC(O)C(CO)CC1. The van der Waals surface area contributed by atoms with Gasteiger partial charge in [0.2, 0.25) is 0 Å². The van der Waals surface area contributed by atoms with Crippen molar-refractivity contribution in [3.63, 3.8) is 0 Å². The summed E-state index contributed by atoms with van der Waals surface area (Å²) >= 11 is 0. The molecule has 0 saturated carbocycles. The Kier molecular flexibility index (Phi) is 3.30. The second kappa shape index (κ2) is 4.04. The Balaban J connectivity index is 2.41. The van der Waals surface area contributed by atoms with Gasteiger partial charge < -0.3 is 15.1 Å². The highest BCUT2D eigenvalue weighted by atomic mass is 16.3. The van der Waals surface area contributed by atoms with Crippen LogP contribution in [0.3, 0.4) is 0 Å².